The molecule has 1 fully saturated rings. The third kappa shape index (κ3) is 5.95. The van der Waals surface area contributed by atoms with Crippen LogP contribution in [0.1, 0.15) is 50.6 Å². The molecule has 0 aliphatic carbocycles. The predicted octanol–water partition coefficient (Wildman–Crippen LogP) is 3.20. The number of hydrogen-bond acceptors (Lipinski definition) is 5. The van der Waals surface area contributed by atoms with E-state index in [1.165, 1.54) is 0 Å². The highest BCUT2D eigenvalue weighted by molar-refractivity contribution is 5.74. The van der Waals surface area contributed by atoms with Crippen LogP contribution in [0, 0.1) is 12.3 Å². The van der Waals surface area contributed by atoms with Gasteiger partial charge in [0.1, 0.15) is 0 Å². The van der Waals surface area contributed by atoms with Crippen LogP contribution in [0.2, 0.25) is 0 Å². The van der Waals surface area contributed by atoms with Gasteiger partial charge in [-0.25, -0.2) is 0 Å². The van der Waals surface area contributed by atoms with Crippen LogP contribution in [0.3, 0.4) is 0 Å². The number of carboxylic acid groups (broad SMARTS) is 1. The summed E-state index contributed by atoms with van der Waals surface area (Å²) in [7, 11) is 0. The summed E-state index contributed by atoms with van der Waals surface area (Å²) >= 11 is 0. The molecule has 1 saturated heterocycles. The number of aliphatic carboxylic acids is 1. The van der Waals surface area contributed by atoms with Crippen molar-refractivity contribution in [3.8, 4) is 0 Å². The molecule has 1 aromatic rings. The van der Waals surface area contributed by atoms with Gasteiger partial charge in [0.15, 0.2) is 0 Å². The van der Waals surface area contributed by atoms with E-state index in [4.69, 9.17) is 9.47 Å². The zero-order chi connectivity index (χ0) is 19.2. The van der Waals surface area contributed by atoms with E-state index in [1.807, 2.05) is 19.9 Å². The van der Waals surface area contributed by atoms with E-state index in [1.54, 1.807) is 0 Å². The van der Waals surface area contributed by atoms with Crippen molar-refractivity contribution < 1.29 is 19.4 Å². The van der Waals surface area contributed by atoms with Crippen molar-refractivity contribution in [2.75, 3.05) is 37.8 Å². The van der Waals surface area contributed by atoms with Gasteiger partial charge in [0, 0.05) is 36.6 Å². The van der Waals surface area contributed by atoms with Crippen LogP contribution in [0.4, 0.5) is 5.69 Å². The summed E-state index contributed by atoms with van der Waals surface area (Å²) in [6.07, 6.45) is 2.20. The minimum Gasteiger partial charge on any atom is -0.481 e. The first-order valence-electron chi connectivity index (χ1n) is 9.44. The second-order valence-corrected chi connectivity index (χ2v) is 7.67. The number of rotatable bonds is 9. The van der Waals surface area contributed by atoms with E-state index in [9.17, 15) is 9.90 Å². The minimum atomic E-state index is -0.825. The quantitative estimate of drug-likeness (QED) is 0.679. The van der Waals surface area contributed by atoms with Gasteiger partial charge in [0.2, 0.25) is 0 Å². The fraction of sp³-hybridized carbons (Fsp3) is 0.700. The van der Waals surface area contributed by atoms with Gasteiger partial charge in [-0.15, -0.1) is 0 Å². The van der Waals surface area contributed by atoms with Crippen molar-refractivity contribution in [2.24, 2.45) is 5.41 Å². The lowest BCUT2D eigenvalue weighted by molar-refractivity contribution is -0.136. The number of carboxylic acids is 1. The van der Waals surface area contributed by atoms with E-state index in [0.717, 1.165) is 48.6 Å². The Morgan fingerprint density at radius 1 is 1.27 bits per heavy atom. The van der Waals surface area contributed by atoms with Crippen LogP contribution < -0.4 is 4.90 Å². The van der Waals surface area contributed by atoms with Crippen molar-refractivity contribution in [1.82, 2.24) is 4.98 Å². The molecule has 0 bridgehead atoms. The maximum absolute atomic E-state index is 11.3. The lowest BCUT2D eigenvalue weighted by Gasteiger charge is -2.39. The second kappa shape index (κ2) is 9.33. The molecule has 6 heteroatoms. The molecule has 2 rings (SSSR count). The summed E-state index contributed by atoms with van der Waals surface area (Å²) in [5.41, 5.74) is 3.77. The van der Waals surface area contributed by atoms with Crippen LogP contribution in [-0.2, 0) is 27.3 Å². The molecule has 0 spiro atoms. The van der Waals surface area contributed by atoms with Gasteiger partial charge >= 0.3 is 5.97 Å². The lowest BCUT2D eigenvalue weighted by atomic mass is 9.82. The number of aryl methyl sites for hydroxylation is 1. The third-order valence-electron chi connectivity index (χ3n) is 4.97. The molecule has 6 nitrogen and oxygen atoms in total. The molecule has 1 aromatic heterocycles. The van der Waals surface area contributed by atoms with Crippen molar-refractivity contribution in [2.45, 2.75) is 53.6 Å². The third-order valence-corrected chi connectivity index (χ3v) is 4.97. The molecule has 1 aliphatic rings. The number of pyridine rings is 1. The molecule has 0 saturated carbocycles. The molecule has 2 heterocycles. The zero-order valence-corrected chi connectivity index (χ0v) is 16.5. The first kappa shape index (κ1) is 20.6. The van der Waals surface area contributed by atoms with Crippen LogP contribution in [0.5, 0.6) is 0 Å². The summed E-state index contributed by atoms with van der Waals surface area (Å²) in [4.78, 5) is 18.2. The fourth-order valence-electron chi connectivity index (χ4n) is 3.26. The van der Waals surface area contributed by atoms with E-state index in [0.29, 0.717) is 31.8 Å². The van der Waals surface area contributed by atoms with Gasteiger partial charge in [0.25, 0.3) is 0 Å². The Bertz CT molecular complexity index is 606. The summed E-state index contributed by atoms with van der Waals surface area (Å²) in [5, 5.41) is 9.31. The zero-order valence-electron chi connectivity index (χ0n) is 16.5. The highest BCUT2D eigenvalue weighted by atomic mass is 16.5. The Labute approximate surface area is 156 Å². The summed E-state index contributed by atoms with van der Waals surface area (Å²) < 4.78 is 10.9. The highest BCUT2D eigenvalue weighted by Crippen LogP contribution is 2.34. The summed E-state index contributed by atoms with van der Waals surface area (Å²) in [5.74, 6) is -0.825. The number of piperidine rings is 1. The van der Waals surface area contributed by atoms with Gasteiger partial charge in [-0.3, -0.25) is 9.78 Å². The number of nitrogens with zero attached hydrogens (tertiary/aromatic N) is 2. The van der Waals surface area contributed by atoms with E-state index < -0.39 is 5.97 Å². The molecule has 146 valence electrons. The normalized spacial score (nSPS) is 16.7. The minimum absolute atomic E-state index is 0.000460. The molecular formula is C20H32N2O4. The van der Waals surface area contributed by atoms with Crippen molar-refractivity contribution >= 4 is 11.7 Å². The Morgan fingerprint density at radius 2 is 1.92 bits per heavy atom. The average Bonchev–Trinajstić information content (AvgIpc) is 2.56. The fourth-order valence-corrected chi connectivity index (χ4v) is 3.26. The molecule has 0 unspecified atom stereocenters. The Balaban J connectivity index is 2.17. The van der Waals surface area contributed by atoms with Gasteiger partial charge in [-0.05, 0) is 38.2 Å². The molecule has 0 amide bonds. The van der Waals surface area contributed by atoms with Crippen molar-refractivity contribution in [3.63, 3.8) is 0 Å². The van der Waals surface area contributed by atoms with Gasteiger partial charge in [-0.1, -0.05) is 13.8 Å². The number of anilines is 1. The number of carbonyl (C=O) groups is 1. The molecule has 0 atom stereocenters. The van der Waals surface area contributed by atoms with Crippen LogP contribution in [0.25, 0.3) is 0 Å². The second-order valence-electron chi connectivity index (χ2n) is 7.67. The van der Waals surface area contributed by atoms with E-state index in [-0.39, 0.29) is 6.42 Å². The average molecular weight is 364 g/mol. The van der Waals surface area contributed by atoms with E-state index in [2.05, 4.69) is 23.7 Å². The number of ether oxygens (including phenoxy) is 2. The number of aromatic nitrogens is 1. The summed E-state index contributed by atoms with van der Waals surface area (Å²) in [6.45, 7) is 12.5. The largest absolute Gasteiger partial charge is 0.481 e. The lowest BCUT2D eigenvalue weighted by Crippen LogP contribution is -2.38. The standard InChI is InChI=1S/C20H32N2O4/c1-5-25-10-11-26-14-16-12-18(17(13-19(23)24)15(2)21-16)22-8-6-20(3,4)7-9-22/h12H,5-11,13-14H2,1-4H3,(H,23,24). The SMILES string of the molecule is CCOCCOCc1cc(N2CCC(C)(C)CC2)c(CC(=O)O)c(C)n1. The molecular weight excluding hydrogens is 332 g/mol. The molecule has 1 N–H and O–H groups in total. The maximum Gasteiger partial charge on any atom is 0.307 e. The Morgan fingerprint density at radius 3 is 2.54 bits per heavy atom. The molecule has 26 heavy (non-hydrogen) atoms. The van der Waals surface area contributed by atoms with Gasteiger partial charge in [-0.2, -0.15) is 0 Å². The van der Waals surface area contributed by atoms with Crippen LogP contribution in [0.15, 0.2) is 6.07 Å². The molecule has 0 radical (unpaired) electrons. The first-order valence-corrected chi connectivity index (χ1v) is 9.44. The van der Waals surface area contributed by atoms with Gasteiger partial charge in [0.05, 0.1) is 31.9 Å². The monoisotopic (exact) mass is 364 g/mol. The smallest absolute Gasteiger partial charge is 0.307 e. The van der Waals surface area contributed by atoms with Crippen molar-refractivity contribution in [3.05, 3.63) is 23.0 Å². The Hall–Kier alpha value is -1.66. The van der Waals surface area contributed by atoms with Gasteiger partial charge < -0.3 is 19.5 Å². The predicted molar refractivity (Wildman–Crippen MR) is 102 cm³/mol. The highest BCUT2D eigenvalue weighted by Gasteiger charge is 2.27. The maximum atomic E-state index is 11.3. The van der Waals surface area contributed by atoms with Crippen molar-refractivity contribution in [1.29, 1.82) is 0 Å². The topological polar surface area (TPSA) is 71.9 Å². The van der Waals surface area contributed by atoms with Crippen LogP contribution >= 0.6 is 0 Å². The number of hydrogen-bond donors (Lipinski definition) is 1. The van der Waals surface area contributed by atoms with Crippen LogP contribution in [-0.4, -0.2) is 49.0 Å². The van der Waals surface area contributed by atoms with E-state index >= 15 is 0 Å². The molecule has 1 aliphatic heterocycles. The molecule has 0 aromatic carbocycles. The summed E-state index contributed by atoms with van der Waals surface area (Å²) in [6, 6.07) is 2.00. The Kier molecular flexibility index (Phi) is 7.41. The first-order chi connectivity index (χ1) is 12.3.